The molecule has 0 aromatic heterocycles. The Morgan fingerprint density at radius 1 is 1.32 bits per heavy atom. The lowest BCUT2D eigenvalue weighted by Crippen LogP contribution is -2.36. The second kappa shape index (κ2) is 9.48. The molecule has 1 amide bonds. The van der Waals surface area contributed by atoms with E-state index >= 15 is 4.39 Å². The number of fused-ring (bicyclic) bond motifs is 1. The van der Waals surface area contributed by atoms with E-state index in [-0.39, 0.29) is 27.7 Å². The van der Waals surface area contributed by atoms with Gasteiger partial charge in [-0.2, -0.15) is 0 Å². The number of aliphatic hydroxyl groups is 1. The van der Waals surface area contributed by atoms with Gasteiger partial charge in [0.15, 0.2) is 11.6 Å². The van der Waals surface area contributed by atoms with E-state index in [9.17, 15) is 14.7 Å². The maximum absolute atomic E-state index is 15.8. The van der Waals surface area contributed by atoms with Crippen molar-refractivity contribution in [2.24, 2.45) is 5.92 Å². The number of benzene rings is 1. The van der Waals surface area contributed by atoms with Gasteiger partial charge in [0, 0.05) is 31.1 Å². The van der Waals surface area contributed by atoms with Gasteiger partial charge >= 0.3 is 6.09 Å². The molecule has 0 radical (unpaired) electrons. The number of carbonyl (C=O) groups excluding carboxylic acids is 1. The molecule has 1 saturated carbocycles. The quantitative estimate of drug-likeness (QED) is 0.510. The maximum Gasteiger partial charge on any atom is 0.407 e. The van der Waals surface area contributed by atoms with Gasteiger partial charge in [0.25, 0.3) is 0 Å². The number of rotatable bonds is 5. The molecule has 10 heteroatoms. The number of aromatic nitrogens is 1. The highest BCUT2D eigenvalue weighted by molar-refractivity contribution is 7.07. The monoisotopic (exact) mass is 543 g/mol. The van der Waals surface area contributed by atoms with E-state index in [1.54, 1.807) is 0 Å². The van der Waals surface area contributed by atoms with Gasteiger partial charge in [-0.05, 0) is 64.2 Å². The van der Waals surface area contributed by atoms with Crippen molar-refractivity contribution in [3.8, 4) is 5.75 Å². The van der Waals surface area contributed by atoms with Gasteiger partial charge in [-0.3, -0.25) is 4.79 Å². The highest BCUT2D eigenvalue weighted by atomic mass is 32.1. The van der Waals surface area contributed by atoms with Gasteiger partial charge in [0.2, 0.25) is 5.43 Å². The zero-order valence-corrected chi connectivity index (χ0v) is 23.3. The number of methoxy groups -OCH3 is 1. The Hall–Kier alpha value is -3.27. The van der Waals surface area contributed by atoms with Crippen LogP contribution in [0, 0.1) is 21.6 Å². The van der Waals surface area contributed by atoms with Crippen LogP contribution in [0.2, 0.25) is 0 Å². The summed E-state index contributed by atoms with van der Waals surface area (Å²) in [6.45, 7) is 12.7. The van der Waals surface area contributed by atoms with Crippen LogP contribution in [0.15, 0.2) is 10.9 Å². The fourth-order valence-electron chi connectivity index (χ4n) is 5.30. The lowest BCUT2D eigenvalue weighted by atomic mass is 10.1. The summed E-state index contributed by atoms with van der Waals surface area (Å²) in [5.74, 6) is 0.0414. The highest BCUT2D eigenvalue weighted by Crippen LogP contribution is 2.44. The molecule has 8 nitrogen and oxygen atoms in total. The first-order chi connectivity index (χ1) is 17.9. The summed E-state index contributed by atoms with van der Waals surface area (Å²) in [6.07, 6.45) is 2.18. The third kappa shape index (κ3) is 4.59. The number of aliphatic hydroxyl groups excluding tert-OH is 1. The Morgan fingerprint density at radius 3 is 2.63 bits per heavy atom. The van der Waals surface area contributed by atoms with E-state index in [2.05, 4.69) is 16.5 Å². The Bertz CT molecular complexity index is 1660. The van der Waals surface area contributed by atoms with Gasteiger partial charge in [0.05, 0.1) is 17.8 Å². The molecule has 3 heterocycles. The van der Waals surface area contributed by atoms with Gasteiger partial charge in [-0.15, -0.1) is 11.3 Å². The molecule has 1 aliphatic carbocycles. The molecule has 1 aromatic carbocycles. The molecule has 4 aliphatic rings. The van der Waals surface area contributed by atoms with Crippen LogP contribution >= 0.6 is 11.3 Å². The molecular formula is C28H34FN3O5S. The van der Waals surface area contributed by atoms with Crippen molar-refractivity contribution in [2.75, 3.05) is 31.6 Å². The van der Waals surface area contributed by atoms with Gasteiger partial charge in [-0.1, -0.05) is 6.58 Å². The fraction of sp³-hybridized carbons (Fsp3) is 0.500. The minimum atomic E-state index is -0.577. The van der Waals surface area contributed by atoms with Crippen LogP contribution < -0.4 is 30.1 Å². The second-order valence-corrected chi connectivity index (χ2v) is 12.2. The third-order valence-corrected chi connectivity index (χ3v) is 8.37. The molecule has 0 spiro atoms. The summed E-state index contributed by atoms with van der Waals surface area (Å²) < 4.78 is 30.1. The Kier molecular flexibility index (Phi) is 6.57. The van der Waals surface area contributed by atoms with Crippen molar-refractivity contribution in [1.82, 2.24) is 9.88 Å². The molecule has 3 aliphatic heterocycles. The minimum absolute atomic E-state index is 0.0380. The molecule has 5 rings (SSSR count). The Morgan fingerprint density at radius 2 is 2.03 bits per heavy atom. The number of ether oxygens (including phenoxy) is 2. The van der Waals surface area contributed by atoms with Crippen LogP contribution in [-0.2, 0) is 4.74 Å². The predicted molar refractivity (Wildman–Crippen MR) is 147 cm³/mol. The van der Waals surface area contributed by atoms with Crippen molar-refractivity contribution in [3.05, 3.63) is 41.7 Å². The largest absolute Gasteiger partial charge is 0.511 e. The van der Waals surface area contributed by atoms with Crippen LogP contribution in [0.25, 0.3) is 23.2 Å². The normalized spacial score (nSPS) is 18.8. The van der Waals surface area contributed by atoms with Gasteiger partial charge < -0.3 is 29.4 Å². The molecule has 204 valence electrons. The fourth-order valence-corrected chi connectivity index (χ4v) is 6.50. The zero-order valence-electron chi connectivity index (χ0n) is 22.4. The standard InChI is InChI=1S/C28H34FN3O5S/c1-14-18-11-19(29)22(31-10-9-16(13-31)12-30-27(35)37-28(3,4)5)24(36-6)21(18)32(17-7-8-17)26-20(14)23(34)25(38-26)15(2)33/h11,16-17,33H,1,7-10,12-13H2,2-6H3,(H,30,35)/b25-15+. The van der Waals surface area contributed by atoms with Gasteiger partial charge in [0.1, 0.15) is 26.2 Å². The first-order valence-electron chi connectivity index (χ1n) is 12.9. The molecule has 1 aromatic rings. The number of hydrogen-bond donors (Lipinski definition) is 2. The van der Waals surface area contributed by atoms with E-state index in [0.29, 0.717) is 52.4 Å². The Balaban J connectivity index is 1.60. The Labute approximate surface area is 223 Å². The first kappa shape index (κ1) is 26.3. The summed E-state index contributed by atoms with van der Waals surface area (Å²) in [5, 5.41) is 14.4. The first-order valence-corrected chi connectivity index (χ1v) is 13.7. The summed E-state index contributed by atoms with van der Waals surface area (Å²) in [6, 6.07) is 1.61. The van der Waals surface area contributed by atoms with E-state index in [0.717, 1.165) is 23.9 Å². The molecule has 2 N–H and O–H groups in total. The number of anilines is 1. The summed E-state index contributed by atoms with van der Waals surface area (Å²) in [4.78, 5) is 27.2. The van der Waals surface area contributed by atoms with E-state index in [1.165, 1.54) is 31.4 Å². The summed E-state index contributed by atoms with van der Waals surface area (Å²) in [7, 11) is 1.53. The van der Waals surface area contributed by atoms with Crippen molar-refractivity contribution < 1.29 is 23.8 Å². The van der Waals surface area contributed by atoms with E-state index < -0.39 is 17.5 Å². The number of hydrogen-bond acceptors (Lipinski definition) is 7. The number of amides is 1. The van der Waals surface area contributed by atoms with E-state index in [1.807, 2.05) is 25.7 Å². The van der Waals surface area contributed by atoms with E-state index in [4.69, 9.17) is 9.47 Å². The summed E-state index contributed by atoms with van der Waals surface area (Å²) >= 11 is 1.24. The summed E-state index contributed by atoms with van der Waals surface area (Å²) in [5.41, 5.74) is 0.224. The molecule has 0 bridgehead atoms. The van der Waals surface area contributed by atoms with Crippen LogP contribution in [-0.4, -0.2) is 48.1 Å². The van der Waals surface area contributed by atoms with Crippen molar-refractivity contribution >= 4 is 46.4 Å². The highest BCUT2D eigenvalue weighted by Gasteiger charge is 2.33. The molecule has 1 atom stereocenters. The SMILES string of the molecule is C=c1c2c(=O)/c(=C(/C)O)sc=2n(C2CC2)c2c(OC)c(N3CCC(CNC(=O)OC(C)(C)C)C3)c(F)cc12. The zero-order chi connectivity index (χ0) is 27.5. The third-order valence-electron chi connectivity index (χ3n) is 7.10. The average molecular weight is 544 g/mol. The van der Waals surface area contributed by atoms with Gasteiger partial charge in [-0.25, -0.2) is 9.18 Å². The number of halogens is 1. The number of alkyl carbamates (subject to hydrolysis) is 1. The topological polar surface area (TPSA) is 93.0 Å². The van der Waals surface area contributed by atoms with Crippen LogP contribution in [0.1, 0.15) is 53.0 Å². The molecule has 1 saturated heterocycles. The van der Waals surface area contributed by atoms with Crippen LogP contribution in [0.5, 0.6) is 5.75 Å². The van der Waals surface area contributed by atoms with Crippen molar-refractivity contribution in [2.45, 2.75) is 58.6 Å². The smallest absolute Gasteiger partial charge is 0.407 e. The lowest BCUT2D eigenvalue weighted by molar-refractivity contribution is 0.0520. The molecule has 1 unspecified atom stereocenters. The van der Waals surface area contributed by atoms with Crippen LogP contribution in [0.4, 0.5) is 14.9 Å². The van der Waals surface area contributed by atoms with Crippen LogP contribution in [0.3, 0.4) is 0 Å². The number of carbonyl (C=O) groups is 1. The van der Waals surface area contributed by atoms with Crippen molar-refractivity contribution in [1.29, 1.82) is 0 Å². The minimum Gasteiger partial charge on any atom is -0.511 e. The molecule has 38 heavy (non-hydrogen) atoms. The average Bonchev–Trinajstić information content (AvgIpc) is 3.45. The van der Waals surface area contributed by atoms with Crippen molar-refractivity contribution in [3.63, 3.8) is 0 Å². The number of nitrogens with zero attached hydrogens (tertiary/aromatic N) is 2. The maximum atomic E-state index is 15.8. The molecule has 2 fully saturated rings. The second-order valence-electron chi connectivity index (χ2n) is 11.2. The number of nitrogens with one attached hydrogen (secondary N) is 1. The lowest BCUT2D eigenvalue weighted by Gasteiger charge is -2.25. The molecular weight excluding hydrogens is 509 g/mol. The predicted octanol–water partition coefficient (Wildman–Crippen LogP) is 3.72.